The molecule has 0 heterocycles. The molecule has 0 atom stereocenters. The quantitative estimate of drug-likeness (QED) is 0.618. The summed E-state index contributed by atoms with van der Waals surface area (Å²) in [5, 5.41) is 2.17. The molecule has 2 amide bonds. The smallest absolute Gasteiger partial charge is 0.242 e. The summed E-state index contributed by atoms with van der Waals surface area (Å²) in [5.74, 6) is -5.90. The number of aryl methyl sites for hydroxylation is 1. The maximum absolute atomic E-state index is 13.8. The third-order valence-electron chi connectivity index (χ3n) is 4.26. The standard InChI is InChI=1S/C20H21F3N2O2/c1-5-25(13-8-6-7-12(2)11-13)19(27)20(3,4)18(26)24-15-10-9-14(21)16(22)17(15)23/h6-11H,5H2,1-4H3,(H,24,26). The van der Waals surface area contributed by atoms with Crippen LogP contribution in [0.15, 0.2) is 36.4 Å². The molecule has 2 aromatic rings. The third kappa shape index (κ3) is 4.13. The normalized spacial score (nSPS) is 11.2. The van der Waals surface area contributed by atoms with Crippen molar-refractivity contribution in [1.29, 1.82) is 0 Å². The van der Waals surface area contributed by atoms with Crippen LogP contribution in [0, 0.1) is 29.8 Å². The van der Waals surface area contributed by atoms with E-state index < -0.39 is 40.4 Å². The molecule has 27 heavy (non-hydrogen) atoms. The monoisotopic (exact) mass is 378 g/mol. The number of carbonyl (C=O) groups is 2. The van der Waals surface area contributed by atoms with Crippen LogP contribution in [0.4, 0.5) is 24.5 Å². The molecule has 144 valence electrons. The highest BCUT2D eigenvalue weighted by atomic mass is 19.2. The van der Waals surface area contributed by atoms with Crippen LogP contribution in [0.25, 0.3) is 0 Å². The van der Waals surface area contributed by atoms with Gasteiger partial charge in [-0.1, -0.05) is 12.1 Å². The van der Waals surface area contributed by atoms with E-state index in [2.05, 4.69) is 5.32 Å². The Morgan fingerprint density at radius 3 is 2.33 bits per heavy atom. The van der Waals surface area contributed by atoms with Crippen LogP contribution in [-0.4, -0.2) is 18.4 Å². The molecular weight excluding hydrogens is 357 g/mol. The first-order valence-electron chi connectivity index (χ1n) is 8.43. The van der Waals surface area contributed by atoms with Gasteiger partial charge in [-0.2, -0.15) is 0 Å². The van der Waals surface area contributed by atoms with Crippen LogP contribution in [-0.2, 0) is 9.59 Å². The Kier molecular flexibility index (Phi) is 5.93. The molecule has 1 N–H and O–H groups in total. The second-order valence-electron chi connectivity index (χ2n) is 6.69. The molecule has 0 fully saturated rings. The van der Waals surface area contributed by atoms with Gasteiger partial charge in [0, 0.05) is 12.2 Å². The summed E-state index contributed by atoms with van der Waals surface area (Å²) in [6.07, 6.45) is 0. The van der Waals surface area contributed by atoms with Crippen molar-refractivity contribution in [3.63, 3.8) is 0 Å². The molecule has 0 spiro atoms. The Morgan fingerprint density at radius 1 is 1.07 bits per heavy atom. The van der Waals surface area contributed by atoms with E-state index in [-0.39, 0.29) is 0 Å². The summed E-state index contributed by atoms with van der Waals surface area (Å²) in [6, 6.07) is 8.84. The van der Waals surface area contributed by atoms with E-state index in [1.165, 1.54) is 18.7 Å². The highest BCUT2D eigenvalue weighted by Crippen LogP contribution is 2.27. The van der Waals surface area contributed by atoms with Crippen molar-refractivity contribution in [3.8, 4) is 0 Å². The molecule has 0 radical (unpaired) electrons. The van der Waals surface area contributed by atoms with Crippen LogP contribution in [0.5, 0.6) is 0 Å². The fourth-order valence-corrected chi connectivity index (χ4v) is 2.57. The molecule has 2 rings (SSSR count). The second-order valence-corrected chi connectivity index (χ2v) is 6.69. The van der Waals surface area contributed by atoms with Crippen molar-refractivity contribution in [2.45, 2.75) is 27.7 Å². The van der Waals surface area contributed by atoms with Crippen molar-refractivity contribution in [2.24, 2.45) is 5.41 Å². The number of halogens is 3. The van der Waals surface area contributed by atoms with Gasteiger partial charge in [0.15, 0.2) is 17.5 Å². The molecule has 4 nitrogen and oxygen atoms in total. The highest BCUT2D eigenvalue weighted by molar-refractivity contribution is 6.14. The first-order chi connectivity index (χ1) is 12.6. The minimum atomic E-state index is -1.69. The van der Waals surface area contributed by atoms with E-state index in [9.17, 15) is 22.8 Å². The van der Waals surface area contributed by atoms with Gasteiger partial charge in [-0.25, -0.2) is 13.2 Å². The van der Waals surface area contributed by atoms with Crippen LogP contribution in [0.1, 0.15) is 26.3 Å². The summed E-state index contributed by atoms with van der Waals surface area (Å²) in [5.41, 5.74) is -0.525. The van der Waals surface area contributed by atoms with Gasteiger partial charge in [0.25, 0.3) is 0 Å². The largest absolute Gasteiger partial charge is 0.323 e. The minimum absolute atomic E-state index is 0.318. The highest BCUT2D eigenvalue weighted by Gasteiger charge is 2.40. The Hall–Kier alpha value is -2.83. The number of nitrogens with zero attached hydrogens (tertiary/aromatic N) is 1. The zero-order valence-electron chi connectivity index (χ0n) is 15.6. The zero-order valence-corrected chi connectivity index (χ0v) is 15.6. The molecule has 0 aromatic heterocycles. The van der Waals surface area contributed by atoms with Gasteiger partial charge in [0.2, 0.25) is 11.8 Å². The molecule has 0 unspecified atom stereocenters. The molecule has 0 saturated carbocycles. The predicted octanol–water partition coefficient (Wildman–Crippen LogP) is 4.43. The van der Waals surface area contributed by atoms with Gasteiger partial charge in [0.1, 0.15) is 5.41 Å². The van der Waals surface area contributed by atoms with Gasteiger partial charge < -0.3 is 10.2 Å². The van der Waals surface area contributed by atoms with Gasteiger partial charge in [-0.3, -0.25) is 9.59 Å². The van der Waals surface area contributed by atoms with E-state index in [0.717, 1.165) is 11.6 Å². The third-order valence-corrected chi connectivity index (χ3v) is 4.26. The Balaban J connectivity index is 2.29. The summed E-state index contributed by atoms with van der Waals surface area (Å²) >= 11 is 0. The fourth-order valence-electron chi connectivity index (χ4n) is 2.57. The lowest BCUT2D eigenvalue weighted by molar-refractivity contribution is -0.136. The van der Waals surface area contributed by atoms with Gasteiger partial charge in [-0.15, -0.1) is 0 Å². The van der Waals surface area contributed by atoms with Crippen LogP contribution in [0.2, 0.25) is 0 Å². The number of benzene rings is 2. The van der Waals surface area contributed by atoms with Gasteiger partial charge >= 0.3 is 0 Å². The molecule has 0 saturated heterocycles. The molecule has 0 bridgehead atoms. The van der Waals surface area contributed by atoms with E-state index in [1.807, 2.05) is 19.1 Å². The number of hydrogen-bond acceptors (Lipinski definition) is 2. The van der Waals surface area contributed by atoms with E-state index in [4.69, 9.17) is 0 Å². The molecule has 2 aromatic carbocycles. The second kappa shape index (κ2) is 7.82. The minimum Gasteiger partial charge on any atom is -0.323 e. The number of amides is 2. The molecule has 0 aliphatic rings. The fraction of sp³-hybridized carbons (Fsp3) is 0.300. The van der Waals surface area contributed by atoms with Crippen molar-refractivity contribution in [1.82, 2.24) is 0 Å². The van der Waals surface area contributed by atoms with Crippen molar-refractivity contribution < 1.29 is 22.8 Å². The van der Waals surface area contributed by atoms with E-state index in [1.54, 1.807) is 19.1 Å². The summed E-state index contributed by atoms with van der Waals surface area (Å²) in [4.78, 5) is 27.0. The van der Waals surface area contributed by atoms with Gasteiger partial charge in [-0.05, 0) is 57.5 Å². The van der Waals surface area contributed by atoms with Crippen LogP contribution < -0.4 is 10.2 Å². The summed E-state index contributed by atoms with van der Waals surface area (Å²) in [6.45, 7) is 6.75. The summed E-state index contributed by atoms with van der Waals surface area (Å²) < 4.78 is 40.2. The molecule has 0 aliphatic heterocycles. The Morgan fingerprint density at radius 2 is 1.74 bits per heavy atom. The molecular formula is C20H21F3N2O2. The van der Waals surface area contributed by atoms with Crippen molar-refractivity contribution in [3.05, 3.63) is 59.4 Å². The number of carbonyl (C=O) groups excluding carboxylic acids is 2. The number of hydrogen-bond donors (Lipinski definition) is 1. The average molecular weight is 378 g/mol. The maximum atomic E-state index is 13.8. The van der Waals surface area contributed by atoms with Crippen LogP contribution in [0.3, 0.4) is 0 Å². The summed E-state index contributed by atoms with van der Waals surface area (Å²) in [7, 11) is 0. The lowest BCUT2D eigenvalue weighted by Crippen LogP contribution is -2.47. The maximum Gasteiger partial charge on any atom is 0.242 e. The SMILES string of the molecule is CCN(C(=O)C(C)(C)C(=O)Nc1ccc(F)c(F)c1F)c1cccc(C)c1. The van der Waals surface area contributed by atoms with E-state index in [0.29, 0.717) is 18.3 Å². The lowest BCUT2D eigenvalue weighted by atomic mass is 9.89. The van der Waals surface area contributed by atoms with E-state index >= 15 is 0 Å². The predicted molar refractivity (Wildman–Crippen MR) is 97.9 cm³/mol. The molecule has 7 heteroatoms. The van der Waals surface area contributed by atoms with Crippen LogP contribution >= 0.6 is 0 Å². The number of nitrogens with one attached hydrogen (secondary N) is 1. The average Bonchev–Trinajstić information content (AvgIpc) is 2.62. The number of rotatable bonds is 5. The lowest BCUT2D eigenvalue weighted by Gasteiger charge is -2.30. The van der Waals surface area contributed by atoms with Crippen molar-refractivity contribution >= 4 is 23.2 Å². The first kappa shape index (κ1) is 20.5. The Labute approximate surface area is 156 Å². The van der Waals surface area contributed by atoms with Gasteiger partial charge in [0.05, 0.1) is 5.69 Å². The first-order valence-corrected chi connectivity index (χ1v) is 8.43. The Bertz CT molecular complexity index is 882. The zero-order chi connectivity index (χ0) is 20.4. The topological polar surface area (TPSA) is 49.4 Å². The molecule has 0 aliphatic carbocycles. The van der Waals surface area contributed by atoms with Crippen molar-refractivity contribution in [2.75, 3.05) is 16.8 Å². The number of anilines is 2.